The van der Waals surface area contributed by atoms with Crippen molar-refractivity contribution in [3.8, 4) is 11.1 Å². The Hall–Kier alpha value is -2.77. The second-order valence-corrected chi connectivity index (χ2v) is 5.13. The monoisotopic (exact) mass is 354 g/mol. The molecule has 0 unspecified atom stereocenters. The first kappa shape index (κ1) is 18.6. The van der Waals surface area contributed by atoms with Crippen molar-refractivity contribution in [3.05, 3.63) is 47.8 Å². The smallest absolute Gasteiger partial charge is 0.461 e. The van der Waals surface area contributed by atoms with Gasteiger partial charge in [-0.3, -0.25) is 14.9 Å². The zero-order valence-electron chi connectivity index (χ0n) is 13.7. The summed E-state index contributed by atoms with van der Waals surface area (Å²) in [7, 11) is 0. The van der Waals surface area contributed by atoms with E-state index in [0.29, 0.717) is 23.1 Å². The first-order valence-corrected chi connectivity index (χ1v) is 7.64. The number of halogens is 3. The molecule has 0 bridgehead atoms. The van der Waals surface area contributed by atoms with Gasteiger partial charge in [-0.15, -0.1) is 0 Å². The molecule has 1 aromatic heterocycles. The Morgan fingerprint density at radius 1 is 1.16 bits per heavy atom. The summed E-state index contributed by atoms with van der Waals surface area (Å²) in [5.74, 6) is -2.99. The van der Waals surface area contributed by atoms with Gasteiger partial charge in [0.15, 0.2) is 5.69 Å². The van der Waals surface area contributed by atoms with Gasteiger partial charge in [-0.1, -0.05) is 37.3 Å². The van der Waals surface area contributed by atoms with Gasteiger partial charge in [0.1, 0.15) is 0 Å². The summed E-state index contributed by atoms with van der Waals surface area (Å²) in [6.07, 6.45) is -3.32. The van der Waals surface area contributed by atoms with Crippen LogP contribution in [0.15, 0.2) is 36.5 Å². The van der Waals surface area contributed by atoms with Gasteiger partial charge in [0, 0.05) is 11.8 Å². The minimum absolute atomic E-state index is 0.0485. The van der Waals surface area contributed by atoms with Gasteiger partial charge in [-0.25, -0.2) is 4.79 Å². The predicted molar refractivity (Wildman–Crippen MR) is 85.6 cm³/mol. The maximum absolute atomic E-state index is 12.6. The average molecular weight is 354 g/mol. The van der Waals surface area contributed by atoms with E-state index in [1.54, 1.807) is 49.6 Å². The SMILES string of the molecule is CCOC(=O)c1c(-c2ccccc2)c(CC)cn1NC(=O)C(F)(F)F. The zero-order chi connectivity index (χ0) is 18.6. The third-order valence-corrected chi connectivity index (χ3v) is 3.48. The number of benzene rings is 1. The van der Waals surface area contributed by atoms with Gasteiger partial charge >= 0.3 is 18.1 Å². The molecule has 1 heterocycles. The van der Waals surface area contributed by atoms with Crippen molar-refractivity contribution < 1.29 is 27.5 Å². The fourth-order valence-electron chi connectivity index (χ4n) is 2.41. The number of alkyl halides is 3. The highest BCUT2D eigenvalue weighted by Crippen LogP contribution is 2.30. The molecule has 1 amide bonds. The normalized spacial score (nSPS) is 11.2. The second-order valence-electron chi connectivity index (χ2n) is 5.13. The van der Waals surface area contributed by atoms with Gasteiger partial charge in [-0.05, 0) is 24.5 Å². The van der Waals surface area contributed by atoms with Crippen LogP contribution >= 0.6 is 0 Å². The summed E-state index contributed by atoms with van der Waals surface area (Å²) in [5, 5.41) is 0. The summed E-state index contributed by atoms with van der Waals surface area (Å²) in [5.41, 5.74) is 3.24. The van der Waals surface area contributed by atoms with Crippen molar-refractivity contribution in [2.45, 2.75) is 26.4 Å². The van der Waals surface area contributed by atoms with Crippen molar-refractivity contribution in [1.82, 2.24) is 4.68 Å². The number of hydrogen-bond acceptors (Lipinski definition) is 3. The van der Waals surface area contributed by atoms with Crippen LogP contribution in [0.5, 0.6) is 0 Å². The molecule has 0 saturated heterocycles. The predicted octanol–water partition coefficient (Wildman–Crippen LogP) is 3.53. The molecule has 0 aliphatic carbocycles. The molecule has 2 aromatic rings. The molecule has 8 heteroatoms. The lowest BCUT2D eigenvalue weighted by Crippen LogP contribution is -2.36. The number of nitrogens with one attached hydrogen (secondary N) is 1. The van der Waals surface area contributed by atoms with E-state index in [9.17, 15) is 22.8 Å². The van der Waals surface area contributed by atoms with Crippen LogP contribution in [0.4, 0.5) is 13.2 Å². The minimum Gasteiger partial charge on any atom is -0.461 e. The second kappa shape index (κ2) is 7.42. The van der Waals surface area contributed by atoms with Crippen LogP contribution in [-0.4, -0.2) is 29.3 Å². The van der Waals surface area contributed by atoms with Crippen LogP contribution in [0.2, 0.25) is 0 Å². The molecule has 0 atom stereocenters. The highest BCUT2D eigenvalue weighted by Gasteiger charge is 2.40. The number of hydrogen-bond donors (Lipinski definition) is 1. The summed E-state index contributed by atoms with van der Waals surface area (Å²) < 4.78 is 43.5. The van der Waals surface area contributed by atoms with Crippen LogP contribution in [0.3, 0.4) is 0 Å². The van der Waals surface area contributed by atoms with E-state index in [4.69, 9.17) is 4.74 Å². The van der Waals surface area contributed by atoms with Gasteiger partial charge in [0.2, 0.25) is 0 Å². The number of carbonyl (C=O) groups is 2. The number of amides is 1. The molecule has 0 saturated carbocycles. The number of rotatable bonds is 5. The lowest BCUT2D eigenvalue weighted by atomic mass is 10.0. The van der Waals surface area contributed by atoms with Gasteiger partial charge in [0.05, 0.1) is 6.61 Å². The lowest BCUT2D eigenvalue weighted by Gasteiger charge is -2.13. The molecule has 0 aliphatic rings. The van der Waals surface area contributed by atoms with Crippen molar-refractivity contribution >= 4 is 11.9 Å². The Kier molecular flexibility index (Phi) is 5.51. The van der Waals surface area contributed by atoms with Crippen LogP contribution in [0.25, 0.3) is 11.1 Å². The van der Waals surface area contributed by atoms with E-state index in [-0.39, 0.29) is 12.3 Å². The van der Waals surface area contributed by atoms with E-state index in [2.05, 4.69) is 0 Å². The third-order valence-electron chi connectivity index (χ3n) is 3.48. The molecule has 1 aromatic carbocycles. The lowest BCUT2D eigenvalue weighted by molar-refractivity contribution is -0.168. The molecule has 0 radical (unpaired) electrons. The third kappa shape index (κ3) is 4.01. The molecule has 134 valence electrons. The average Bonchev–Trinajstić information content (AvgIpc) is 2.93. The Bertz CT molecular complexity index is 767. The summed E-state index contributed by atoms with van der Waals surface area (Å²) in [6, 6.07) is 8.73. The van der Waals surface area contributed by atoms with E-state index in [1.807, 2.05) is 0 Å². The van der Waals surface area contributed by atoms with Crippen LogP contribution in [-0.2, 0) is 16.0 Å². The molecular formula is C17H17F3N2O3. The van der Waals surface area contributed by atoms with E-state index >= 15 is 0 Å². The topological polar surface area (TPSA) is 60.3 Å². The number of esters is 1. The number of carbonyl (C=O) groups excluding carboxylic acids is 2. The van der Waals surface area contributed by atoms with Gasteiger partial charge < -0.3 is 4.74 Å². The molecule has 2 rings (SSSR count). The van der Waals surface area contributed by atoms with Crippen molar-refractivity contribution in [1.29, 1.82) is 0 Å². The maximum atomic E-state index is 12.6. The Balaban J connectivity index is 2.62. The van der Waals surface area contributed by atoms with Crippen LogP contribution in [0.1, 0.15) is 29.9 Å². The molecule has 0 aliphatic heterocycles. The Morgan fingerprint density at radius 3 is 2.32 bits per heavy atom. The number of ether oxygens (including phenoxy) is 1. The van der Waals surface area contributed by atoms with Crippen molar-refractivity contribution in [2.24, 2.45) is 0 Å². The van der Waals surface area contributed by atoms with Crippen molar-refractivity contribution in [3.63, 3.8) is 0 Å². The highest BCUT2D eigenvalue weighted by molar-refractivity contribution is 5.99. The molecule has 5 nitrogen and oxygen atoms in total. The molecule has 25 heavy (non-hydrogen) atoms. The fourth-order valence-corrected chi connectivity index (χ4v) is 2.41. The van der Waals surface area contributed by atoms with Crippen LogP contribution in [0, 0.1) is 0 Å². The molecule has 1 N–H and O–H groups in total. The standard InChI is InChI=1S/C17H17F3N2O3/c1-3-11-10-22(21-16(24)17(18,19)20)14(15(23)25-4-2)13(11)12-8-6-5-7-9-12/h5-10H,3-4H2,1-2H3,(H,21,24). The van der Waals surface area contributed by atoms with Gasteiger partial charge in [-0.2, -0.15) is 13.2 Å². The zero-order valence-corrected chi connectivity index (χ0v) is 13.7. The number of aryl methyl sites for hydroxylation is 1. The maximum Gasteiger partial charge on any atom is 0.472 e. The van der Waals surface area contributed by atoms with E-state index in [1.165, 1.54) is 6.20 Å². The fraction of sp³-hybridized carbons (Fsp3) is 0.294. The summed E-state index contributed by atoms with van der Waals surface area (Å²) in [4.78, 5) is 23.6. The Morgan fingerprint density at radius 2 is 1.80 bits per heavy atom. The molecule has 0 fully saturated rings. The largest absolute Gasteiger partial charge is 0.472 e. The number of aromatic nitrogens is 1. The highest BCUT2D eigenvalue weighted by atomic mass is 19.4. The van der Waals surface area contributed by atoms with Gasteiger partial charge in [0.25, 0.3) is 0 Å². The molecule has 0 spiro atoms. The summed E-state index contributed by atoms with van der Waals surface area (Å²) >= 11 is 0. The first-order chi connectivity index (χ1) is 11.8. The van der Waals surface area contributed by atoms with E-state index < -0.39 is 18.1 Å². The first-order valence-electron chi connectivity index (χ1n) is 7.64. The van der Waals surface area contributed by atoms with Crippen LogP contribution < -0.4 is 5.43 Å². The summed E-state index contributed by atoms with van der Waals surface area (Å²) in [6.45, 7) is 3.43. The number of nitrogens with zero attached hydrogens (tertiary/aromatic N) is 1. The quantitative estimate of drug-likeness (QED) is 0.836. The van der Waals surface area contributed by atoms with E-state index in [0.717, 1.165) is 4.68 Å². The molecular weight excluding hydrogens is 337 g/mol. The van der Waals surface area contributed by atoms with Crippen molar-refractivity contribution in [2.75, 3.05) is 12.0 Å². The Labute approximate surface area is 142 Å². The minimum atomic E-state index is -5.07.